The van der Waals surface area contributed by atoms with Gasteiger partial charge >= 0.3 is 5.97 Å². The second-order valence-electron chi connectivity index (χ2n) is 6.72. The third-order valence-corrected chi connectivity index (χ3v) is 6.16. The minimum atomic E-state index is -3.86. The number of halogens is 1. The normalized spacial score (nSPS) is 23.4. The molecule has 0 atom stereocenters. The summed E-state index contributed by atoms with van der Waals surface area (Å²) in [6, 6.07) is 4.31. The average molecular weight is 386 g/mol. The molecule has 0 spiro atoms. The molecule has 1 aromatic carbocycles. The number of aliphatic carboxylic acids is 1. The predicted molar refractivity (Wildman–Crippen MR) is 92.3 cm³/mol. The number of hydrogen-bond acceptors (Lipinski definition) is 4. The summed E-state index contributed by atoms with van der Waals surface area (Å²) in [6.07, 6.45) is 1.95. The minimum Gasteiger partial charge on any atom is -0.480 e. The number of nitrogens with one attached hydrogen (secondary N) is 2. The number of rotatable bonds is 7. The molecule has 3 N–H and O–H groups in total. The number of sulfonamides is 1. The monoisotopic (exact) mass is 386 g/mol. The molecule has 0 aliphatic heterocycles. The summed E-state index contributed by atoms with van der Waals surface area (Å²) >= 11 is 0. The van der Waals surface area contributed by atoms with Gasteiger partial charge in [-0.25, -0.2) is 22.3 Å². The molecule has 0 unspecified atom stereocenters. The first-order chi connectivity index (χ1) is 12.1. The van der Waals surface area contributed by atoms with Crippen LogP contribution in [0.3, 0.4) is 0 Å². The van der Waals surface area contributed by atoms with E-state index in [2.05, 4.69) is 10.0 Å². The third kappa shape index (κ3) is 5.01. The first-order valence-electron chi connectivity index (χ1n) is 8.44. The van der Waals surface area contributed by atoms with Gasteiger partial charge in [-0.3, -0.25) is 4.79 Å². The number of carboxylic acids is 1. The molecule has 0 radical (unpaired) electrons. The minimum absolute atomic E-state index is 0.109. The number of carboxylic acid groups (broad SMARTS) is 1. The van der Waals surface area contributed by atoms with Gasteiger partial charge in [-0.05, 0) is 55.9 Å². The summed E-state index contributed by atoms with van der Waals surface area (Å²) in [5.41, 5.74) is -1.28. The highest BCUT2D eigenvalue weighted by Crippen LogP contribution is 2.32. The number of hydrogen-bond donors (Lipinski definition) is 3. The molecule has 1 fully saturated rings. The zero-order valence-corrected chi connectivity index (χ0v) is 15.3. The Morgan fingerprint density at radius 3 is 2.35 bits per heavy atom. The fraction of sp³-hybridized carbons (Fsp3) is 0.529. The molecular weight excluding hydrogens is 363 g/mol. The van der Waals surface area contributed by atoms with Crippen LogP contribution < -0.4 is 10.0 Å². The van der Waals surface area contributed by atoms with Crippen LogP contribution in [0.1, 0.15) is 39.0 Å². The molecule has 9 heteroatoms. The molecule has 144 valence electrons. The van der Waals surface area contributed by atoms with Crippen molar-refractivity contribution < 1.29 is 27.5 Å². The zero-order chi connectivity index (χ0) is 19.4. The van der Waals surface area contributed by atoms with Crippen LogP contribution in [0.15, 0.2) is 29.2 Å². The van der Waals surface area contributed by atoms with Crippen molar-refractivity contribution in [2.45, 2.75) is 49.5 Å². The van der Waals surface area contributed by atoms with E-state index in [1.54, 1.807) is 0 Å². The molecule has 2 rings (SSSR count). The smallest absolute Gasteiger partial charge is 0.329 e. The van der Waals surface area contributed by atoms with Gasteiger partial charge in [-0.2, -0.15) is 0 Å². The van der Waals surface area contributed by atoms with Crippen LogP contribution in [0.25, 0.3) is 0 Å². The first-order valence-corrected chi connectivity index (χ1v) is 9.93. The van der Waals surface area contributed by atoms with Gasteiger partial charge in [0.15, 0.2) is 0 Å². The summed E-state index contributed by atoms with van der Waals surface area (Å²) in [7, 11) is -3.86. The van der Waals surface area contributed by atoms with Gasteiger partial charge in [0, 0.05) is 13.0 Å². The van der Waals surface area contributed by atoms with E-state index in [0.717, 1.165) is 24.3 Å². The summed E-state index contributed by atoms with van der Waals surface area (Å²) < 4.78 is 39.2. The van der Waals surface area contributed by atoms with Gasteiger partial charge in [0.1, 0.15) is 11.4 Å². The molecule has 26 heavy (non-hydrogen) atoms. The summed E-state index contributed by atoms with van der Waals surface area (Å²) in [5, 5.41) is 12.1. The maximum absolute atomic E-state index is 12.9. The highest BCUT2D eigenvalue weighted by Gasteiger charge is 2.42. The first kappa shape index (κ1) is 20.3. The lowest BCUT2D eigenvalue weighted by atomic mass is 9.77. The lowest BCUT2D eigenvalue weighted by molar-refractivity contribution is -0.149. The largest absolute Gasteiger partial charge is 0.480 e. The van der Waals surface area contributed by atoms with Crippen LogP contribution in [0.5, 0.6) is 0 Å². The van der Waals surface area contributed by atoms with Gasteiger partial charge in [-0.1, -0.05) is 6.92 Å². The molecule has 1 saturated carbocycles. The van der Waals surface area contributed by atoms with E-state index in [4.69, 9.17) is 0 Å². The lowest BCUT2D eigenvalue weighted by Crippen LogP contribution is -2.56. The van der Waals surface area contributed by atoms with Crippen molar-refractivity contribution in [3.8, 4) is 0 Å². The molecule has 0 saturated heterocycles. The average Bonchev–Trinajstić information content (AvgIpc) is 2.57. The van der Waals surface area contributed by atoms with E-state index < -0.39 is 33.3 Å². The van der Waals surface area contributed by atoms with Crippen molar-refractivity contribution >= 4 is 21.9 Å². The highest BCUT2D eigenvalue weighted by atomic mass is 32.2. The van der Waals surface area contributed by atoms with Crippen LogP contribution in [0, 0.1) is 11.7 Å². The number of amides is 1. The molecule has 0 bridgehead atoms. The van der Waals surface area contributed by atoms with Crippen molar-refractivity contribution in [2.75, 3.05) is 6.54 Å². The Morgan fingerprint density at radius 2 is 1.81 bits per heavy atom. The van der Waals surface area contributed by atoms with Crippen LogP contribution in [-0.4, -0.2) is 37.5 Å². The van der Waals surface area contributed by atoms with Crippen molar-refractivity contribution in [3.63, 3.8) is 0 Å². The molecule has 0 aromatic heterocycles. The second kappa shape index (κ2) is 8.13. The molecule has 0 heterocycles. The summed E-state index contributed by atoms with van der Waals surface area (Å²) in [4.78, 5) is 23.6. The molecule has 1 amide bonds. The second-order valence-corrected chi connectivity index (χ2v) is 8.49. The van der Waals surface area contributed by atoms with E-state index in [0.29, 0.717) is 31.6 Å². The van der Waals surface area contributed by atoms with Crippen molar-refractivity contribution in [1.29, 1.82) is 0 Å². The molecule has 1 aliphatic rings. The fourth-order valence-electron chi connectivity index (χ4n) is 2.97. The van der Waals surface area contributed by atoms with E-state index in [9.17, 15) is 27.5 Å². The Balaban J connectivity index is 1.89. The fourth-order valence-corrected chi connectivity index (χ4v) is 4.00. The molecular formula is C17H23FN2O5S. The Labute approximate surface area is 152 Å². The van der Waals surface area contributed by atoms with E-state index in [1.165, 1.54) is 0 Å². The molecule has 1 aromatic rings. The Bertz CT molecular complexity index is 756. The summed E-state index contributed by atoms with van der Waals surface area (Å²) in [5.74, 6) is -1.72. The lowest BCUT2D eigenvalue weighted by Gasteiger charge is -2.36. The topological polar surface area (TPSA) is 113 Å². The van der Waals surface area contributed by atoms with E-state index in [1.807, 2.05) is 6.92 Å². The molecule has 1 aliphatic carbocycles. The van der Waals surface area contributed by atoms with Gasteiger partial charge in [0.2, 0.25) is 15.9 Å². The third-order valence-electron chi connectivity index (χ3n) is 4.68. The van der Waals surface area contributed by atoms with Gasteiger partial charge in [0.05, 0.1) is 4.90 Å². The number of carbonyl (C=O) groups is 2. The van der Waals surface area contributed by atoms with Crippen LogP contribution >= 0.6 is 0 Å². The maximum Gasteiger partial charge on any atom is 0.329 e. The summed E-state index contributed by atoms with van der Waals surface area (Å²) in [6.45, 7) is 1.86. The van der Waals surface area contributed by atoms with Crippen LogP contribution in [0.2, 0.25) is 0 Å². The van der Waals surface area contributed by atoms with E-state index in [-0.39, 0.29) is 17.9 Å². The van der Waals surface area contributed by atoms with E-state index >= 15 is 0 Å². The Morgan fingerprint density at radius 1 is 1.23 bits per heavy atom. The van der Waals surface area contributed by atoms with Gasteiger partial charge < -0.3 is 10.4 Å². The van der Waals surface area contributed by atoms with Crippen LogP contribution in [-0.2, 0) is 19.6 Å². The van der Waals surface area contributed by atoms with Crippen molar-refractivity contribution in [3.05, 3.63) is 30.1 Å². The number of carbonyl (C=O) groups excluding carboxylic acids is 1. The highest BCUT2D eigenvalue weighted by molar-refractivity contribution is 7.89. The maximum atomic E-state index is 12.9. The zero-order valence-electron chi connectivity index (χ0n) is 14.5. The molecule has 7 nitrogen and oxygen atoms in total. The Hall–Kier alpha value is -2.00. The standard InChI is InChI=1S/C17H23FN2O5S/c1-12-6-9-17(10-7-12,16(22)23)20-15(21)8-11-19-26(24,25)14-4-2-13(18)3-5-14/h2-5,12,19H,6-11H2,1H3,(H,20,21)(H,22,23). The number of benzene rings is 1. The van der Waals surface area contributed by atoms with Crippen LogP contribution in [0.4, 0.5) is 4.39 Å². The quantitative estimate of drug-likeness (QED) is 0.659. The predicted octanol–water partition coefficient (Wildman–Crippen LogP) is 1.64. The van der Waals surface area contributed by atoms with Gasteiger partial charge in [0.25, 0.3) is 0 Å². The van der Waals surface area contributed by atoms with Crippen molar-refractivity contribution in [1.82, 2.24) is 10.0 Å². The van der Waals surface area contributed by atoms with Gasteiger partial charge in [-0.15, -0.1) is 0 Å². The SMILES string of the molecule is CC1CCC(NC(=O)CCNS(=O)(=O)c2ccc(F)cc2)(C(=O)O)CC1. The Kier molecular flexibility index (Phi) is 6.35. The van der Waals surface area contributed by atoms with Crippen molar-refractivity contribution in [2.24, 2.45) is 5.92 Å².